The number of hydrogen-bond acceptors (Lipinski definition) is 3. The van der Waals surface area contributed by atoms with Crippen molar-refractivity contribution in [2.24, 2.45) is 0 Å². The summed E-state index contributed by atoms with van der Waals surface area (Å²) in [5, 5.41) is 4.39. The van der Waals surface area contributed by atoms with E-state index in [2.05, 4.69) is 37.4 Å². The van der Waals surface area contributed by atoms with Crippen molar-refractivity contribution >= 4 is 41.6 Å². The third-order valence-corrected chi connectivity index (χ3v) is 5.12. The Morgan fingerprint density at radius 2 is 1.88 bits per heavy atom. The van der Waals surface area contributed by atoms with E-state index in [1.165, 1.54) is 24.0 Å². The van der Waals surface area contributed by atoms with Crippen LogP contribution in [0, 0.1) is 13.8 Å². The van der Waals surface area contributed by atoms with E-state index in [4.69, 9.17) is 4.98 Å². The zero-order chi connectivity index (χ0) is 16.7. The molecule has 0 unspecified atom stereocenters. The number of carbonyl (C=O) groups excluding carboxylic acids is 1. The number of nitrogens with one attached hydrogen (secondary N) is 1. The van der Waals surface area contributed by atoms with Gasteiger partial charge in [-0.05, 0) is 57.4 Å². The molecule has 26 heavy (non-hydrogen) atoms. The van der Waals surface area contributed by atoms with E-state index in [0.29, 0.717) is 5.92 Å². The number of hydrogen-bond donors (Lipinski definition) is 1. The average Bonchev–Trinajstić information content (AvgIpc) is 3.40. The van der Waals surface area contributed by atoms with E-state index in [1.54, 1.807) is 0 Å². The van der Waals surface area contributed by atoms with Crippen LogP contribution in [0.1, 0.15) is 52.4 Å². The number of amides is 1. The molecule has 2 heterocycles. The van der Waals surface area contributed by atoms with Crippen LogP contribution in [-0.4, -0.2) is 42.0 Å². The molecule has 1 N–H and O–H groups in total. The minimum Gasteiger partial charge on any atom is -0.337 e. The van der Waals surface area contributed by atoms with Gasteiger partial charge in [0.15, 0.2) is 0 Å². The smallest absolute Gasteiger partial charge is 0.254 e. The fraction of sp³-hybridized carbons (Fsp3) is 0.500. The summed E-state index contributed by atoms with van der Waals surface area (Å²) in [6, 6.07) is 6.35. The average molecular weight is 396 g/mol. The maximum absolute atomic E-state index is 13.3. The quantitative estimate of drug-likeness (QED) is 0.835. The molecule has 2 aliphatic rings. The van der Waals surface area contributed by atoms with Crippen LogP contribution in [0.3, 0.4) is 0 Å². The van der Waals surface area contributed by atoms with Gasteiger partial charge in [-0.15, -0.1) is 24.8 Å². The van der Waals surface area contributed by atoms with Crippen molar-refractivity contribution in [2.75, 3.05) is 26.2 Å². The first kappa shape index (κ1) is 20.9. The van der Waals surface area contributed by atoms with E-state index in [1.807, 2.05) is 4.90 Å². The molecule has 1 saturated heterocycles. The minimum atomic E-state index is 0. The Balaban J connectivity index is 0.00000121. The molecular formula is C20H27Cl2N3O. The summed E-state index contributed by atoms with van der Waals surface area (Å²) in [4.78, 5) is 20.2. The molecule has 0 atom stereocenters. The molecule has 1 aliphatic heterocycles. The van der Waals surface area contributed by atoms with Crippen LogP contribution in [0.15, 0.2) is 18.2 Å². The van der Waals surface area contributed by atoms with Gasteiger partial charge in [-0.25, -0.2) is 0 Å². The normalized spacial score (nSPS) is 17.2. The van der Waals surface area contributed by atoms with Gasteiger partial charge in [-0.1, -0.05) is 11.6 Å². The summed E-state index contributed by atoms with van der Waals surface area (Å²) in [5.41, 5.74) is 5.30. The molecule has 0 radical (unpaired) electrons. The summed E-state index contributed by atoms with van der Waals surface area (Å²) >= 11 is 0. The second-order valence-corrected chi connectivity index (χ2v) is 7.24. The van der Waals surface area contributed by atoms with Crippen molar-refractivity contribution < 1.29 is 4.79 Å². The van der Waals surface area contributed by atoms with Gasteiger partial charge in [0.2, 0.25) is 0 Å². The van der Waals surface area contributed by atoms with Crippen LogP contribution in [0.2, 0.25) is 0 Å². The van der Waals surface area contributed by atoms with Crippen LogP contribution in [0.5, 0.6) is 0 Å². The number of rotatable bonds is 2. The zero-order valence-electron chi connectivity index (χ0n) is 15.4. The molecule has 2 fully saturated rings. The van der Waals surface area contributed by atoms with Crippen molar-refractivity contribution in [3.05, 3.63) is 40.6 Å². The molecule has 0 spiro atoms. The Labute approximate surface area is 167 Å². The Morgan fingerprint density at radius 1 is 1.12 bits per heavy atom. The summed E-state index contributed by atoms with van der Waals surface area (Å²) in [7, 11) is 0. The van der Waals surface area contributed by atoms with Crippen LogP contribution in [-0.2, 0) is 0 Å². The van der Waals surface area contributed by atoms with Crippen LogP contribution < -0.4 is 5.32 Å². The number of carbonyl (C=O) groups is 1. The number of aromatic nitrogens is 1. The number of nitrogens with zero attached hydrogens (tertiary/aromatic N) is 2. The molecule has 2 aromatic rings. The maximum Gasteiger partial charge on any atom is 0.254 e. The van der Waals surface area contributed by atoms with Crippen LogP contribution >= 0.6 is 24.8 Å². The second-order valence-electron chi connectivity index (χ2n) is 7.24. The topological polar surface area (TPSA) is 45.2 Å². The number of aryl methyl sites for hydroxylation is 2. The van der Waals surface area contributed by atoms with Gasteiger partial charge in [-0.3, -0.25) is 9.78 Å². The van der Waals surface area contributed by atoms with Crippen molar-refractivity contribution in [1.29, 1.82) is 0 Å². The molecule has 1 amide bonds. The van der Waals surface area contributed by atoms with Crippen LogP contribution in [0.4, 0.5) is 0 Å². The van der Waals surface area contributed by atoms with Crippen molar-refractivity contribution in [3.63, 3.8) is 0 Å². The molecule has 6 heteroatoms. The lowest BCUT2D eigenvalue weighted by Gasteiger charge is -2.21. The van der Waals surface area contributed by atoms with E-state index < -0.39 is 0 Å². The number of fused-ring (bicyclic) bond motifs is 1. The highest BCUT2D eigenvalue weighted by molar-refractivity contribution is 6.07. The predicted octanol–water partition coefficient (Wildman–Crippen LogP) is 4.01. The van der Waals surface area contributed by atoms with Gasteiger partial charge < -0.3 is 10.2 Å². The van der Waals surface area contributed by atoms with Crippen molar-refractivity contribution in [3.8, 4) is 0 Å². The summed E-state index contributed by atoms with van der Waals surface area (Å²) in [6.45, 7) is 7.68. The minimum absolute atomic E-state index is 0. The highest BCUT2D eigenvalue weighted by Crippen LogP contribution is 2.40. The van der Waals surface area contributed by atoms with Gasteiger partial charge in [-0.2, -0.15) is 0 Å². The van der Waals surface area contributed by atoms with Gasteiger partial charge in [0, 0.05) is 36.6 Å². The first-order chi connectivity index (χ1) is 11.6. The van der Waals surface area contributed by atoms with E-state index in [9.17, 15) is 4.79 Å². The molecule has 1 saturated carbocycles. The van der Waals surface area contributed by atoms with Gasteiger partial charge >= 0.3 is 0 Å². The monoisotopic (exact) mass is 395 g/mol. The zero-order valence-corrected chi connectivity index (χ0v) is 17.0. The Kier molecular flexibility index (Phi) is 6.89. The lowest BCUT2D eigenvalue weighted by molar-refractivity contribution is 0.0768. The fourth-order valence-corrected chi connectivity index (χ4v) is 3.69. The number of benzene rings is 1. The van der Waals surface area contributed by atoms with E-state index >= 15 is 0 Å². The Hall–Kier alpha value is -1.36. The largest absolute Gasteiger partial charge is 0.337 e. The highest BCUT2D eigenvalue weighted by Gasteiger charge is 2.28. The molecular weight excluding hydrogens is 369 g/mol. The highest BCUT2D eigenvalue weighted by atomic mass is 35.5. The van der Waals surface area contributed by atoms with E-state index in [0.717, 1.165) is 54.8 Å². The standard InChI is InChI=1S/C20H25N3O.2ClH/c1-13-10-14(2)19-16(11-13)17(12-18(22-19)15-4-5-15)20(24)23-8-3-6-21-7-9-23;;/h10-12,15,21H,3-9H2,1-2H3;2*1H. The summed E-state index contributed by atoms with van der Waals surface area (Å²) < 4.78 is 0. The SMILES string of the molecule is Cc1cc(C)c2nc(C3CC3)cc(C(=O)N3CCCNCC3)c2c1.Cl.Cl. The predicted molar refractivity (Wildman–Crippen MR) is 111 cm³/mol. The lowest BCUT2D eigenvalue weighted by Crippen LogP contribution is -2.34. The molecule has 0 bridgehead atoms. The van der Waals surface area contributed by atoms with Gasteiger partial charge in [0.1, 0.15) is 0 Å². The lowest BCUT2D eigenvalue weighted by atomic mass is 10.00. The third kappa shape index (κ3) is 4.13. The molecule has 142 valence electrons. The Morgan fingerprint density at radius 3 is 2.62 bits per heavy atom. The number of pyridine rings is 1. The number of halogens is 2. The van der Waals surface area contributed by atoms with Crippen molar-refractivity contribution in [2.45, 2.75) is 39.0 Å². The third-order valence-electron chi connectivity index (χ3n) is 5.12. The second kappa shape index (κ2) is 8.55. The molecule has 1 aliphatic carbocycles. The maximum atomic E-state index is 13.3. The van der Waals surface area contributed by atoms with Gasteiger partial charge in [0.05, 0.1) is 11.1 Å². The first-order valence-electron chi connectivity index (χ1n) is 9.05. The summed E-state index contributed by atoms with van der Waals surface area (Å²) in [6.07, 6.45) is 3.41. The first-order valence-corrected chi connectivity index (χ1v) is 9.05. The summed E-state index contributed by atoms with van der Waals surface area (Å²) in [5.74, 6) is 0.713. The van der Waals surface area contributed by atoms with Crippen LogP contribution in [0.25, 0.3) is 10.9 Å². The fourth-order valence-electron chi connectivity index (χ4n) is 3.69. The molecule has 1 aromatic heterocycles. The molecule has 4 rings (SSSR count). The Bertz CT molecular complexity index is 797. The van der Waals surface area contributed by atoms with Gasteiger partial charge in [0.25, 0.3) is 5.91 Å². The molecule has 1 aromatic carbocycles. The van der Waals surface area contributed by atoms with Crippen molar-refractivity contribution in [1.82, 2.24) is 15.2 Å². The van der Waals surface area contributed by atoms with E-state index in [-0.39, 0.29) is 30.7 Å². The molecule has 4 nitrogen and oxygen atoms in total.